The maximum Gasteiger partial charge on any atom is 0.206 e. The third-order valence-corrected chi connectivity index (χ3v) is 13.4. The molecule has 0 aromatic carbocycles. The highest BCUT2D eigenvalue weighted by atomic mass is 31.2. The predicted molar refractivity (Wildman–Crippen MR) is 212 cm³/mol. The molecule has 0 aromatic heterocycles. The van der Waals surface area contributed by atoms with Crippen molar-refractivity contribution in [3.8, 4) is 0 Å². The lowest BCUT2D eigenvalue weighted by atomic mass is 9.96. The van der Waals surface area contributed by atoms with Crippen molar-refractivity contribution in [1.29, 1.82) is 0 Å². The lowest BCUT2D eigenvalue weighted by Crippen LogP contribution is -2.67. The minimum absolute atomic E-state index is 0.129. The Hall–Kier alpha value is -1.09. The molecule has 0 radical (unpaired) electrons. The third kappa shape index (κ3) is 13.2. The van der Waals surface area contributed by atoms with Crippen molar-refractivity contribution in [2.45, 2.75) is 198 Å². The topological polar surface area (TPSA) is 553 Å². The third-order valence-electron chi connectivity index (χ3n) is 13.0. The average molecular weight is 1080 g/mol. The van der Waals surface area contributed by atoms with Gasteiger partial charge in [-0.1, -0.05) is 6.92 Å². The van der Waals surface area contributed by atoms with Crippen LogP contribution in [-0.2, 0) is 66.0 Å². The van der Waals surface area contributed by atoms with E-state index in [2.05, 4.69) is 4.52 Å². The van der Waals surface area contributed by atoms with E-state index in [0.717, 1.165) is 0 Å². The normalized spacial score (nSPS) is 50.7. The summed E-state index contributed by atoms with van der Waals surface area (Å²) < 4.78 is 76.9. The van der Waals surface area contributed by atoms with Crippen LogP contribution in [0.3, 0.4) is 0 Å². The van der Waals surface area contributed by atoms with Crippen LogP contribution in [0.1, 0.15) is 13.3 Å². The number of ether oxygens (including phenoxy) is 11. The monoisotopic (exact) mass is 1080 g/mol. The van der Waals surface area contributed by atoms with Crippen LogP contribution < -0.4 is 15.7 Å². The Bertz CT molecular complexity index is 1710. The molecule has 0 aliphatic carbocycles. The average Bonchev–Trinajstić information content (AvgIpc) is 3.35. The fraction of sp³-hybridized carbons (Fsp3) is 1.00. The van der Waals surface area contributed by atoms with E-state index in [-0.39, 0.29) is 6.42 Å². The number of hydrogen-bond donors (Lipinski definition) is 18. The van der Waals surface area contributed by atoms with Gasteiger partial charge in [-0.3, -0.25) is 4.84 Å². The van der Waals surface area contributed by atoms with Gasteiger partial charge in [-0.05, 0) is 6.42 Å². The Kier molecular flexibility index (Phi) is 21.4. The van der Waals surface area contributed by atoms with E-state index >= 15 is 0 Å². The zero-order chi connectivity index (χ0) is 53.3. The van der Waals surface area contributed by atoms with Crippen LogP contribution in [0.15, 0.2) is 0 Å². The summed E-state index contributed by atoms with van der Waals surface area (Å²) in [4.78, 5) is 26.9. The highest BCUT2D eigenvalue weighted by Crippen LogP contribution is 2.36. The minimum atomic E-state index is -5.68. The van der Waals surface area contributed by atoms with Gasteiger partial charge in [0.05, 0.1) is 47.0 Å². The van der Waals surface area contributed by atoms with Gasteiger partial charge in [-0.15, -0.1) is 0 Å². The molecular formula is C37H64NO33P-2. The minimum Gasteiger partial charge on any atom is -0.790 e. The van der Waals surface area contributed by atoms with Gasteiger partial charge in [0, 0.05) is 0 Å². The van der Waals surface area contributed by atoms with Crippen molar-refractivity contribution >= 4 is 7.82 Å². The van der Waals surface area contributed by atoms with Crippen LogP contribution in [0.25, 0.3) is 0 Å². The van der Waals surface area contributed by atoms with Gasteiger partial charge in [0.2, 0.25) is 6.29 Å². The second-order valence-corrected chi connectivity index (χ2v) is 18.9. The number of phosphoric ester groups is 1. The summed E-state index contributed by atoms with van der Waals surface area (Å²) in [5.41, 5.74) is 0. The van der Waals surface area contributed by atoms with Gasteiger partial charge in [0.25, 0.3) is 0 Å². The molecule has 422 valence electrons. The summed E-state index contributed by atoms with van der Waals surface area (Å²) in [5.74, 6) is 5.35. The summed E-state index contributed by atoms with van der Waals surface area (Å²) in [6.45, 7) is -3.21. The van der Waals surface area contributed by atoms with Crippen LogP contribution in [0.2, 0.25) is 0 Å². The molecule has 6 aliphatic rings. The van der Waals surface area contributed by atoms with Crippen LogP contribution >= 0.6 is 7.82 Å². The first kappa shape index (κ1) is 60.1. The van der Waals surface area contributed by atoms with E-state index in [9.17, 15) is 101 Å². The predicted octanol–water partition coefficient (Wildman–Crippen LogP) is -13.9. The summed E-state index contributed by atoms with van der Waals surface area (Å²) in [6.07, 6.45) is -57.1. The van der Waals surface area contributed by atoms with Gasteiger partial charge in [0.15, 0.2) is 31.5 Å². The molecule has 6 fully saturated rings. The molecule has 34 nitrogen and oxygen atoms in total. The molecule has 19 N–H and O–H groups in total. The summed E-state index contributed by atoms with van der Waals surface area (Å²) in [5, 5.41) is 181. The quantitative estimate of drug-likeness (QED) is 0.0422. The van der Waals surface area contributed by atoms with E-state index in [0.29, 0.717) is 0 Å². The van der Waals surface area contributed by atoms with E-state index in [1.165, 1.54) is 0 Å². The zero-order valence-corrected chi connectivity index (χ0v) is 38.6. The Morgan fingerprint density at radius 3 is 1.25 bits per heavy atom. The van der Waals surface area contributed by atoms with Crippen LogP contribution in [0.5, 0.6) is 0 Å². The number of aliphatic hydroxyl groups is 17. The fourth-order valence-corrected chi connectivity index (χ4v) is 9.02. The first-order chi connectivity index (χ1) is 33.9. The summed E-state index contributed by atoms with van der Waals surface area (Å²) >= 11 is 0. The van der Waals surface area contributed by atoms with Gasteiger partial charge in [-0.25, -0.2) is 5.90 Å². The molecule has 6 rings (SSSR count). The van der Waals surface area contributed by atoms with Crippen molar-refractivity contribution in [3.63, 3.8) is 0 Å². The van der Waals surface area contributed by atoms with Crippen LogP contribution in [-0.4, -0.2) is 304 Å². The van der Waals surface area contributed by atoms with E-state index in [4.69, 9.17) is 62.8 Å². The maximum atomic E-state index is 11.5. The molecule has 0 bridgehead atoms. The molecule has 35 heteroatoms. The SMILES string of the molecule is CCC1O[C@@H](OC2[C@@H](OCC3O[C@H](OCC4O[C@@H](ON)C(O)[C@@H](O[C@@H]5OC(CO)[C@@H](O)[C@H](O)C5O[C@H]5OC(COP(=O)([O-])[O-])[C@@H](O)[C@H](O)C5O)[C@@H]4O)C(O)[C@@H](O)[C@@H]3O)OC(CO)[C@@H](O)[C@@H]2O)C(O)[C@@H](O)[C@@H]1O. The van der Waals surface area contributed by atoms with Gasteiger partial charge in [-0.2, -0.15) is 0 Å². The molecular weight excluding hydrogens is 1020 g/mol. The molecule has 0 saturated carbocycles. The van der Waals surface area contributed by atoms with Crippen LogP contribution in [0.4, 0.5) is 0 Å². The second kappa shape index (κ2) is 25.6. The summed E-state index contributed by atoms with van der Waals surface area (Å²) in [7, 11) is -5.68. The molecule has 12 unspecified atom stereocenters. The zero-order valence-electron chi connectivity index (χ0n) is 37.7. The Labute approximate surface area is 406 Å². The highest BCUT2D eigenvalue weighted by Gasteiger charge is 2.56. The van der Waals surface area contributed by atoms with E-state index < -0.39 is 225 Å². The van der Waals surface area contributed by atoms with Crippen molar-refractivity contribution in [1.82, 2.24) is 0 Å². The lowest BCUT2D eigenvalue weighted by molar-refractivity contribution is -0.392. The molecule has 0 aromatic rings. The first-order valence-electron chi connectivity index (χ1n) is 22.4. The van der Waals surface area contributed by atoms with Crippen molar-refractivity contribution in [2.24, 2.45) is 5.90 Å². The summed E-state index contributed by atoms with van der Waals surface area (Å²) in [6, 6.07) is 0. The Balaban J connectivity index is 1.14. The lowest BCUT2D eigenvalue weighted by Gasteiger charge is -2.48. The number of rotatable bonds is 19. The van der Waals surface area contributed by atoms with E-state index in [1.54, 1.807) is 6.92 Å². The number of aliphatic hydroxyl groups excluding tert-OH is 17. The van der Waals surface area contributed by atoms with Gasteiger partial charge < -0.3 is 158 Å². The molecule has 0 spiro atoms. The largest absolute Gasteiger partial charge is 0.790 e. The van der Waals surface area contributed by atoms with Crippen molar-refractivity contribution in [2.75, 3.05) is 33.0 Å². The first-order valence-corrected chi connectivity index (χ1v) is 23.9. The molecule has 6 saturated heterocycles. The molecule has 72 heavy (non-hydrogen) atoms. The number of phosphoric acid groups is 1. The molecule has 30 atom stereocenters. The number of nitrogens with two attached hydrogens (primary N) is 1. The molecule has 6 aliphatic heterocycles. The Morgan fingerprint density at radius 2 is 0.764 bits per heavy atom. The second-order valence-electron chi connectivity index (χ2n) is 17.7. The highest BCUT2D eigenvalue weighted by molar-refractivity contribution is 7.43. The van der Waals surface area contributed by atoms with Crippen molar-refractivity contribution < 1.29 is 163 Å². The molecule has 6 heterocycles. The standard InChI is InChI=1S/C37H66NO33P/c1-2-8-14(41)20(47)26(53)33(62-8)69-30-23(50)15(42)9(3-39)63-36(30)60-5-11-17(44)21(48)25(52)32(65-11)59-6-12-19(46)29(28(55)35(67-12)71-38)68-37-31(24(51)16(43)10(4-40)64-37)70-34-27(54)22(49)18(45)13(66-34)7-61-72(56,57)58/h8-37,39-55H,2-7,38H2,1H3,(H2,56,57,58)/p-2/t8?,9?,10?,11?,12?,13?,14-,15-,16-,17-,18-,19-,20+,21+,22+,23+,24+,25?,26?,27?,28?,29+,30?,31?,32+,33+,34-,35+,36+,37+/m1/s1. The van der Waals surface area contributed by atoms with Gasteiger partial charge >= 0.3 is 0 Å². The Morgan fingerprint density at radius 1 is 0.403 bits per heavy atom. The smallest absolute Gasteiger partial charge is 0.206 e. The van der Waals surface area contributed by atoms with Gasteiger partial charge in [0.1, 0.15) is 140 Å². The van der Waals surface area contributed by atoms with Crippen LogP contribution in [0, 0.1) is 0 Å². The number of hydrogen-bond acceptors (Lipinski definition) is 34. The van der Waals surface area contributed by atoms with E-state index in [1.807, 2.05) is 0 Å². The van der Waals surface area contributed by atoms with Crippen molar-refractivity contribution in [3.05, 3.63) is 0 Å². The molecule has 0 amide bonds. The fourth-order valence-electron chi connectivity index (χ4n) is 8.69. The maximum absolute atomic E-state index is 11.5.